The van der Waals surface area contributed by atoms with E-state index >= 15 is 0 Å². The van der Waals surface area contributed by atoms with Crippen LogP contribution in [0.3, 0.4) is 0 Å². The summed E-state index contributed by atoms with van der Waals surface area (Å²) in [4.78, 5) is 11.4. The van der Waals surface area contributed by atoms with E-state index in [-0.39, 0.29) is 16.9 Å². The summed E-state index contributed by atoms with van der Waals surface area (Å²) in [5.74, 6) is -1.09. The van der Waals surface area contributed by atoms with Crippen molar-refractivity contribution < 1.29 is 19.1 Å². The Morgan fingerprint density at radius 1 is 1.50 bits per heavy atom. The van der Waals surface area contributed by atoms with E-state index in [2.05, 4.69) is 46.5 Å². The normalized spacial score (nSPS) is 28.3. The summed E-state index contributed by atoms with van der Waals surface area (Å²) in [6, 6.07) is 0. The maximum absolute atomic E-state index is 11.4. The number of carboxylic acid groups (broad SMARTS) is 1. The zero-order chi connectivity index (χ0) is 16.7. The van der Waals surface area contributed by atoms with Crippen molar-refractivity contribution in [2.24, 2.45) is 11.8 Å². The topological polar surface area (TPSA) is 55.8 Å². The van der Waals surface area contributed by atoms with Gasteiger partial charge in [-0.3, -0.25) is 0 Å². The molecule has 5 heteroatoms. The van der Waals surface area contributed by atoms with Gasteiger partial charge in [0.1, 0.15) is 0 Å². The molecule has 0 aromatic heterocycles. The van der Waals surface area contributed by atoms with Crippen LogP contribution in [0.15, 0.2) is 36.1 Å². The summed E-state index contributed by atoms with van der Waals surface area (Å²) in [5, 5.41) is 9.43. The van der Waals surface area contributed by atoms with Crippen LogP contribution in [0.5, 0.6) is 0 Å². The molecule has 0 aromatic rings. The predicted molar refractivity (Wildman–Crippen MR) is 88.8 cm³/mol. The van der Waals surface area contributed by atoms with E-state index in [1.165, 1.54) is 6.26 Å². The van der Waals surface area contributed by atoms with Crippen LogP contribution >= 0.6 is 0 Å². The van der Waals surface area contributed by atoms with Crippen LogP contribution in [0.2, 0.25) is 18.1 Å². The number of fused-ring (bicyclic) bond motifs is 1. The highest BCUT2D eigenvalue weighted by Crippen LogP contribution is 2.46. The molecule has 2 aliphatic rings. The fourth-order valence-corrected chi connectivity index (χ4v) is 3.89. The minimum atomic E-state index is -2.01. The Morgan fingerprint density at radius 3 is 2.64 bits per heavy atom. The Bertz CT molecular complexity index is 539. The number of carbonyl (C=O) groups is 1. The number of allylic oxidation sites excluding steroid dienone is 2. The largest absolute Gasteiger partial charge is 0.478 e. The second kappa shape index (κ2) is 5.70. The molecule has 122 valence electrons. The van der Waals surface area contributed by atoms with Crippen LogP contribution in [0.4, 0.5) is 0 Å². The molecule has 0 spiro atoms. The molecule has 3 atom stereocenters. The molecule has 4 nitrogen and oxygen atoms in total. The number of carboxylic acids is 1. The highest BCUT2D eigenvalue weighted by atomic mass is 28.4. The fraction of sp³-hybridized carbons (Fsp3) is 0.588. The van der Waals surface area contributed by atoms with E-state index in [4.69, 9.17) is 9.16 Å². The van der Waals surface area contributed by atoms with E-state index in [0.717, 1.165) is 5.57 Å². The maximum Gasteiger partial charge on any atom is 0.335 e. The number of rotatable bonds is 4. The van der Waals surface area contributed by atoms with Gasteiger partial charge >= 0.3 is 5.97 Å². The van der Waals surface area contributed by atoms with Crippen LogP contribution in [0.25, 0.3) is 0 Å². The van der Waals surface area contributed by atoms with Crippen molar-refractivity contribution in [3.8, 4) is 0 Å². The summed E-state index contributed by atoms with van der Waals surface area (Å²) in [6.07, 6.45) is 5.49. The van der Waals surface area contributed by atoms with E-state index in [1.54, 1.807) is 6.08 Å². The van der Waals surface area contributed by atoms with E-state index in [1.807, 2.05) is 0 Å². The smallest absolute Gasteiger partial charge is 0.335 e. The summed E-state index contributed by atoms with van der Waals surface area (Å²) in [6.45, 7) is 14.7. The second-order valence-corrected chi connectivity index (χ2v) is 12.3. The lowest BCUT2D eigenvalue weighted by Gasteiger charge is -2.43. The molecule has 0 aromatic carbocycles. The van der Waals surface area contributed by atoms with Gasteiger partial charge < -0.3 is 14.3 Å². The van der Waals surface area contributed by atoms with Gasteiger partial charge in [0.25, 0.3) is 0 Å². The highest BCUT2D eigenvalue weighted by Gasteiger charge is 2.48. The van der Waals surface area contributed by atoms with Gasteiger partial charge in [0.2, 0.25) is 0 Å². The average molecular weight is 322 g/mol. The molecule has 0 bridgehead atoms. The number of aliphatic carboxylic acids is 1. The van der Waals surface area contributed by atoms with E-state index in [9.17, 15) is 9.90 Å². The Balaban J connectivity index is 2.31. The van der Waals surface area contributed by atoms with Gasteiger partial charge in [-0.05, 0) is 30.1 Å². The molecule has 22 heavy (non-hydrogen) atoms. The summed E-state index contributed by atoms with van der Waals surface area (Å²) >= 11 is 0. The zero-order valence-electron chi connectivity index (χ0n) is 14.1. The van der Waals surface area contributed by atoms with Crippen molar-refractivity contribution in [3.05, 3.63) is 36.1 Å². The molecule has 0 saturated carbocycles. The molecule has 2 rings (SSSR count). The summed E-state index contributed by atoms with van der Waals surface area (Å²) < 4.78 is 12.1. The Kier molecular flexibility index (Phi) is 4.41. The van der Waals surface area contributed by atoms with Gasteiger partial charge in [-0.2, -0.15) is 0 Å². The summed E-state index contributed by atoms with van der Waals surface area (Å²) in [7, 11) is -2.01. The van der Waals surface area contributed by atoms with Gasteiger partial charge in [-0.15, -0.1) is 0 Å². The lowest BCUT2D eigenvalue weighted by molar-refractivity contribution is -0.137. The van der Waals surface area contributed by atoms with E-state index < -0.39 is 20.6 Å². The zero-order valence-corrected chi connectivity index (χ0v) is 15.1. The predicted octanol–water partition coefficient (Wildman–Crippen LogP) is 4.08. The van der Waals surface area contributed by atoms with Gasteiger partial charge in [-0.25, -0.2) is 4.79 Å². The number of hydrogen-bond donors (Lipinski definition) is 1. The third-order valence-corrected chi connectivity index (χ3v) is 9.58. The molecule has 1 N–H and O–H groups in total. The SMILES string of the molecule is C=CC1=CC[C@@H]2C(C(=O)O)=COC(O[Si](C)(C)C(C)(C)C)[C@H]12. The lowest BCUT2D eigenvalue weighted by Crippen LogP contribution is -2.48. The molecular formula is C17H26O4Si. The van der Waals surface area contributed by atoms with Crippen LogP contribution in [0.1, 0.15) is 27.2 Å². The Hall–Kier alpha value is -1.33. The Morgan fingerprint density at radius 2 is 2.14 bits per heavy atom. The van der Waals surface area contributed by atoms with Crippen molar-refractivity contribution >= 4 is 14.3 Å². The first-order valence-electron chi connectivity index (χ1n) is 7.67. The van der Waals surface area contributed by atoms with Crippen LogP contribution in [-0.2, 0) is 14.0 Å². The first-order valence-corrected chi connectivity index (χ1v) is 10.6. The summed E-state index contributed by atoms with van der Waals surface area (Å²) in [5.41, 5.74) is 1.36. The van der Waals surface area contributed by atoms with E-state index in [0.29, 0.717) is 12.0 Å². The monoisotopic (exact) mass is 322 g/mol. The molecule has 0 saturated heterocycles. The Labute approximate surface area is 133 Å². The second-order valence-electron chi connectivity index (χ2n) is 7.54. The minimum absolute atomic E-state index is 0.0688. The maximum atomic E-state index is 11.4. The van der Waals surface area contributed by atoms with Crippen molar-refractivity contribution in [3.63, 3.8) is 0 Å². The molecule has 0 amide bonds. The van der Waals surface area contributed by atoms with Gasteiger partial charge in [0.05, 0.1) is 17.8 Å². The lowest BCUT2D eigenvalue weighted by atomic mass is 9.83. The quantitative estimate of drug-likeness (QED) is 0.792. The fourth-order valence-electron chi connectivity index (χ4n) is 2.75. The number of ether oxygens (including phenoxy) is 1. The molecule has 1 heterocycles. The molecule has 1 aliphatic carbocycles. The molecule has 1 aliphatic heterocycles. The first-order chi connectivity index (χ1) is 10.1. The van der Waals surface area contributed by atoms with Crippen LogP contribution < -0.4 is 0 Å². The average Bonchev–Trinajstić information content (AvgIpc) is 2.81. The molecule has 1 unspecified atom stereocenters. The third-order valence-electron chi connectivity index (χ3n) is 5.15. The minimum Gasteiger partial charge on any atom is -0.478 e. The highest BCUT2D eigenvalue weighted by molar-refractivity contribution is 6.74. The molecule has 0 radical (unpaired) electrons. The molecule has 0 fully saturated rings. The van der Waals surface area contributed by atoms with Crippen LogP contribution in [-0.4, -0.2) is 25.7 Å². The van der Waals surface area contributed by atoms with Gasteiger partial charge in [-0.1, -0.05) is 39.5 Å². The first kappa shape index (κ1) is 17.0. The standard InChI is InChI=1S/C17H26O4Si/c1-7-11-8-9-12-13(15(18)19)10-20-16(14(11)12)21-22(5,6)17(2,3)4/h7-8,10,12,14,16H,1,9H2,2-6H3,(H,18,19)/t12-,14-,16?/m1/s1. The van der Waals surface area contributed by atoms with Crippen molar-refractivity contribution in [2.45, 2.75) is 51.6 Å². The van der Waals surface area contributed by atoms with Gasteiger partial charge in [0.15, 0.2) is 14.6 Å². The van der Waals surface area contributed by atoms with Crippen LogP contribution in [0, 0.1) is 11.8 Å². The molecular weight excluding hydrogens is 296 g/mol. The van der Waals surface area contributed by atoms with Crippen molar-refractivity contribution in [2.75, 3.05) is 0 Å². The van der Waals surface area contributed by atoms with Crippen molar-refractivity contribution in [1.29, 1.82) is 0 Å². The third kappa shape index (κ3) is 2.92. The van der Waals surface area contributed by atoms with Gasteiger partial charge in [0, 0.05) is 5.92 Å². The number of hydrogen-bond acceptors (Lipinski definition) is 3. The van der Waals surface area contributed by atoms with Crippen molar-refractivity contribution in [1.82, 2.24) is 0 Å².